The van der Waals surface area contributed by atoms with Crippen molar-refractivity contribution in [2.45, 2.75) is 13.8 Å². The van der Waals surface area contributed by atoms with Gasteiger partial charge in [0.2, 0.25) is 5.91 Å². The molecule has 1 amide bonds. The van der Waals surface area contributed by atoms with E-state index in [1.807, 2.05) is 6.92 Å². The minimum atomic E-state index is -0.155. The Balaban J connectivity index is 3.10. The molecule has 0 aliphatic carbocycles. The van der Waals surface area contributed by atoms with Gasteiger partial charge in [0, 0.05) is 13.0 Å². The van der Waals surface area contributed by atoms with Gasteiger partial charge in [0.1, 0.15) is 5.75 Å². The highest BCUT2D eigenvalue weighted by atomic mass is 35.5. The van der Waals surface area contributed by atoms with Crippen molar-refractivity contribution in [3.05, 3.63) is 22.7 Å². The second-order valence-electron chi connectivity index (χ2n) is 2.98. The van der Waals surface area contributed by atoms with Gasteiger partial charge < -0.3 is 10.1 Å². The molecule has 0 aliphatic rings. The predicted molar refractivity (Wildman–Crippen MR) is 57.0 cm³/mol. The van der Waals surface area contributed by atoms with E-state index in [1.165, 1.54) is 6.92 Å². The number of methoxy groups -OCH3 is 1. The van der Waals surface area contributed by atoms with Gasteiger partial charge in [0.15, 0.2) is 0 Å². The van der Waals surface area contributed by atoms with Gasteiger partial charge in [-0.2, -0.15) is 0 Å². The minimum Gasteiger partial charge on any atom is -0.496 e. The number of ether oxygens (including phenoxy) is 1. The molecule has 1 aromatic carbocycles. The molecule has 0 fully saturated rings. The molecule has 0 unspecified atom stereocenters. The number of carbonyl (C=O) groups is 1. The van der Waals surface area contributed by atoms with Crippen LogP contribution in [0.25, 0.3) is 0 Å². The first kappa shape index (κ1) is 10.9. The molecule has 0 heterocycles. The Morgan fingerprint density at radius 1 is 1.50 bits per heavy atom. The van der Waals surface area contributed by atoms with Gasteiger partial charge in [-0.05, 0) is 18.6 Å². The Hall–Kier alpha value is -1.22. The van der Waals surface area contributed by atoms with Crippen LogP contribution in [0, 0.1) is 6.92 Å². The summed E-state index contributed by atoms with van der Waals surface area (Å²) in [6.07, 6.45) is 0. The normalized spacial score (nSPS) is 9.71. The van der Waals surface area contributed by atoms with Gasteiger partial charge >= 0.3 is 0 Å². The standard InChI is InChI=1S/C10H12ClNO2/c1-6-4-8(11)9(12-7(2)13)5-10(6)14-3/h4-5H,1-3H3,(H,12,13). The smallest absolute Gasteiger partial charge is 0.221 e. The Bertz CT molecular complexity index is 363. The first-order chi connectivity index (χ1) is 6.54. The van der Waals surface area contributed by atoms with Crippen molar-refractivity contribution in [3.8, 4) is 5.75 Å². The monoisotopic (exact) mass is 213 g/mol. The van der Waals surface area contributed by atoms with Crippen LogP contribution >= 0.6 is 11.6 Å². The van der Waals surface area contributed by atoms with Crippen molar-refractivity contribution < 1.29 is 9.53 Å². The third kappa shape index (κ3) is 2.39. The van der Waals surface area contributed by atoms with Gasteiger partial charge in [-0.25, -0.2) is 0 Å². The average molecular weight is 214 g/mol. The average Bonchev–Trinajstić information content (AvgIpc) is 2.09. The molecular formula is C10H12ClNO2. The number of hydrogen-bond acceptors (Lipinski definition) is 2. The SMILES string of the molecule is COc1cc(NC(C)=O)c(Cl)cc1C. The first-order valence-electron chi connectivity index (χ1n) is 4.16. The van der Waals surface area contributed by atoms with Crippen LogP contribution < -0.4 is 10.1 Å². The van der Waals surface area contributed by atoms with Crippen LogP contribution in [0.4, 0.5) is 5.69 Å². The number of rotatable bonds is 2. The zero-order chi connectivity index (χ0) is 10.7. The molecule has 0 spiro atoms. The van der Waals surface area contributed by atoms with Gasteiger partial charge in [-0.1, -0.05) is 11.6 Å². The quantitative estimate of drug-likeness (QED) is 0.820. The highest BCUT2D eigenvalue weighted by molar-refractivity contribution is 6.33. The molecule has 3 nitrogen and oxygen atoms in total. The summed E-state index contributed by atoms with van der Waals surface area (Å²) in [7, 11) is 1.58. The number of benzene rings is 1. The Morgan fingerprint density at radius 2 is 2.14 bits per heavy atom. The van der Waals surface area contributed by atoms with E-state index in [-0.39, 0.29) is 5.91 Å². The molecular weight excluding hydrogens is 202 g/mol. The summed E-state index contributed by atoms with van der Waals surface area (Å²) >= 11 is 5.93. The summed E-state index contributed by atoms with van der Waals surface area (Å²) in [6, 6.07) is 3.46. The topological polar surface area (TPSA) is 38.3 Å². The minimum absolute atomic E-state index is 0.155. The fourth-order valence-electron chi connectivity index (χ4n) is 1.16. The summed E-state index contributed by atoms with van der Waals surface area (Å²) in [5.41, 5.74) is 1.51. The molecule has 0 aliphatic heterocycles. The number of halogens is 1. The lowest BCUT2D eigenvalue weighted by Gasteiger charge is -2.10. The van der Waals surface area contributed by atoms with Crippen molar-refractivity contribution in [2.24, 2.45) is 0 Å². The number of amides is 1. The van der Waals surface area contributed by atoms with Gasteiger partial charge in [0.25, 0.3) is 0 Å². The summed E-state index contributed by atoms with van der Waals surface area (Å²) in [5, 5.41) is 3.14. The van der Waals surface area contributed by atoms with E-state index in [0.29, 0.717) is 16.5 Å². The third-order valence-electron chi connectivity index (χ3n) is 1.80. The number of anilines is 1. The van der Waals surface area contributed by atoms with Gasteiger partial charge in [0.05, 0.1) is 17.8 Å². The maximum atomic E-state index is 10.8. The third-order valence-corrected chi connectivity index (χ3v) is 2.11. The lowest BCUT2D eigenvalue weighted by molar-refractivity contribution is -0.114. The fourth-order valence-corrected chi connectivity index (χ4v) is 1.42. The number of nitrogens with one attached hydrogen (secondary N) is 1. The van der Waals surface area contributed by atoms with Crippen LogP contribution in [0.1, 0.15) is 12.5 Å². The lowest BCUT2D eigenvalue weighted by atomic mass is 10.2. The fraction of sp³-hybridized carbons (Fsp3) is 0.300. The molecule has 76 valence electrons. The summed E-state index contributed by atoms with van der Waals surface area (Å²) < 4.78 is 5.11. The predicted octanol–water partition coefficient (Wildman–Crippen LogP) is 2.62. The molecule has 1 aromatic rings. The highest BCUT2D eigenvalue weighted by Crippen LogP contribution is 2.30. The van der Waals surface area contributed by atoms with Crippen LogP contribution in [0.2, 0.25) is 5.02 Å². The van der Waals surface area contributed by atoms with Crippen molar-refractivity contribution in [1.29, 1.82) is 0 Å². The Morgan fingerprint density at radius 3 is 2.64 bits per heavy atom. The van der Waals surface area contributed by atoms with E-state index in [1.54, 1.807) is 19.2 Å². The number of hydrogen-bond donors (Lipinski definition) is 1. The molecule has 14 heavy (non-hydrogen) atoms. The second kappa shape index (κ2) is 4.33. The second-order valence-corrected chi connectivity index (χ2v) is 3.39. The van der Waals surface area contributed by atoms with E-state index in [4.69, 9.17) is 16.3 Å². The zero-order valence-corrected chi connectivity index (χ0v) is 9.11. The van der Waals surface area contributed by atoms with Crippen molar-refractivity contribution in [2.75, 3.05) is 12.4 Å². The van der Waals surface area contributed by atoms with Crippen LogP contribution in [0.15, 0.2) is 12.1 Å². The lowest BCUT2D eigenvalue weighted by Crippen LogP contribution is -2.06. The first-order valence-corrected chi connectivity index (χ1v) is 4.54. The maximum absolute atomic E-state index is 10.8. The number of aryl methyl sites for hydroxylation is 1. The van der Waals surface area contributed by atoms with Crippen molar-refractivity contribution in [3.63, 3.8) is 0 Å². The molecule has 0 bridgehead atoms. The molecule has 0 atom stereocenters. The van der Waals surface area contributed by atoms with E-state index in [2.05, 4.69) is 5.32 Å². The maximum Gasteiger partial charge on any atom is 0.221 e. The van der Waals surface area contributed by atoms with E-state index >= 15 is 0 Å². The summed E-state index contributed by atoms with van der Waals surface area (Å²) in [5.74, 6) is 0.552. The Labute approximate surface area is 88.0 Å². The molecule has 0 radical (unpaired) electrons. The van der Waals surface area contributed by atoms with Crippen LogP contribution in [0.5, 0.6) is 5.75 Å². The van der Waals surface area contributed by atoms with Crippen molar-refractivity contribution >= 4 is 23.2 Å². The number of carbonyl (C=O) groups excluding carboxylic acids is 1. The van der Waals surface area contributed by atoms with E-state index in [0.717, 1.165) is 5.56 Å². The highest BCUT2D eigenvalue weighted by Gasteiger charge is 2.06. The van der Waals surface area contributed by atoms with Gasteiger partial charge in [-0.15, -0.1) is 0 Å². The molecule has 0 saturated heterocycles. The Kier molecular flexibility index (Phi) is 3.36. The summed E-state index contributed by atoms with van der Waals surface area (Å²) in [6.45, 7) is 3.32. The van der Waals surface area contributed by atoms with Crippen LogP contribution in [-0.4, -0.2) is 13.0 Å². The molecule has 1 N–H and O–H groups in total. The molecule has 0 saturated carbocycles. The van der Waals surface area contributed by atoms with E-state index < -0.39 is 0 Å². The largest absolute Gasteiger partial charge is 0.496 e. The van der Waals surface area contributed by atoms with Gasteiger partial charge in [-0.3, -0.25) is 4.79 Å². The van der Waals surface area contributed by atoms with E-state index in [9.17, 15) is 4.79 Å². The molecule has 0 aromatic heterocycles. The van der Waals surface area contributed by atoms with Crippen LogP contribution in [0.3, 0.4) is 0 Å². The van der Waals surface area contributed by atoms with Crippen molar-refractivity contribution in [1.82, 2.24) is 0 Å². The van der Waals surface area contributed by atoms with Crippen LogP contribution in [-0.2, 0) is 4.79 Å². The molecule has 4 heteroatoms. The summed E-state index contributed by atoms with van der Waals surface area (Å²) in [4.78, 5) is 10.8. The molecule has 1 rings (SSSR count). The zero-order valence-electron chi connectivity index (χ0n) is 8.35.